The Morgan fingerprint density at radius 1 is 1.42 bits per heavy atom. The SMILES string of the molecule is CC(CC(=O)N1CCCC2(CO)CCCCC12)c1c[nH]c2ncccc12. The first-order chi connectivity index (χ1) is 12.6. The van der Waals surface area contributed by atoms with Crippen LogP contribution < -0.4 is 0 Å². The van der Waals surface area contributed by atoms with Crippen molar-refractivity contribution in [3.05, 3.63) is 30.1 Å². The summed E-state index contributed by atoms with van der Waals surface area (Å²) in [5, 5.41) is 11.2. The molecular formula is C21H29N3O2. The fraction of sp³-hybridized carbons (Fsp3) is 0.619. The van der Waals surface area contributed by atoms with E-state index in [9.17, 15) is 9.90 Å². The van der Waals surface area contributed by atoms with E-state index in [1.54, 1.807) is 6.20 Å². The molecule has 0 aromatic carbocycles. The number of hydrogen-bond donors (Lipinski definition) is 2. The van der Waals surface area contributed by atoms with Gasteiger partial charge in [0.25, 0.3) is 0 Å². The third-order valence-electron chi connectivity index (χ3n) is 6.69. The molecule has 0 bridgehead atoms. The lowest BCUT2D eigenvalue weighted by Gasteiger charge is -2.52. The maximum absolute atomic E-state index is 13.2. The highest BCUT2D eigenvalue weighted by atomic mass is 16.3. The molecule has 3 atom stereocenters. The molecule has 2 aliphatic rings. The largest absolute Gasteiger partial charge is 0.396 e. The molecule has 1 amide bonds. The van der Waals surface area contributed by atoms with Gasteiger partial charge in [-0.1, -0.05) is 19.8 Å². The fourth-order valence-electron chi connectivity index (χ4n) is 5.26. The van der Waals surface area contributed by atoms with Gasteiger partial charge < -0.3 is 15.0 Å². The quantitative estimate of drug-likeness (QED) is 0.880. The Hall–Kier alpha value is -1.88. The van der Waals surface area contributed by atoms with E-state index in [0.29, 0.717) is 6.42 Å². The number of aliphatic hydroxyl groups excluding tert-OH is 1. The smallest absolute Gasteiger partial charge is 0.223 e. The van der Waals surface area contributed by atoms with Crippen LogP contribution >= 0.6 is 0 Å². The number of amides is 1. The monoisotopic (exact) mass is 355 g/mol. The molecule has 2 aromatic rings. The van der Waals surface area contributed by atoms with Crippen molar-refractivity contribution < 1.29 is 9.90 Å². The molecule has 1 saturated heterocycles. The first kappa shape index (κ1) is 17.5. The molecule has 2 fully saturated rings. The molecule has 2 N–H and O–H groups in total. The molecule has 5 nitrogen and oxygen atoms in total. The summed E-state index contributed by atoms with van der Waals surface area (Å²) in [6, 6.07) is 4.23. The van der Waals surface area contributed by atoms with Crippen LogP contribution in [-0.2, 0) is 4.79 Å². The highest BCUT2D eigenvalue weighted by Crippen LogP contribution is 2.46. The minimum Gasteiger partial charge on any atom is -0.396 e. The zero-order chi connectivity index (χ0) is 18.1. The third kappa shape index (κ3) is 2.92. The molecule has 5 heteroatoms. The van der Waals surface area contributed by atoms with Gasteiger partial charge >= 0.3 is 0 Å². The predicted octanol–water partition coefficient (Wildman–Crippen LogP) is 3.60. The fourth-order valence-corrected chi connectivity index (χ4v) is 5.26. The number of likely N-dealkylation sites (tertiary alicyclic amines) is 1. The Balaban J connectivity index is 1.52. The first-order valence-electron chi connectivity index (χ1n) is 9.97. The number of aromatic nitrogens is 2. The van der Waals surface area contributed by atoms with Crippen molar-refractivity contribution in [2.75, 3.05) is 13.2 Å². The summed E-state index contributed by atoms with van der Waals surface area (Å²) in [7, 11) is 0. The van der Waals surface area contributed by atoms with Crippen LogP contribution in [0.4, 0.5) is 0 Å². The molecule has 0 radical (unpaired) electrons. The number of nitrogens with zero attached hydrogens (tertiary/aromatic N) is 2. The number of pyridine rings is 1. The highest BCUT2D eigenvalue weighted by Gasteiger charge is 2.46. The van der Waals surface area contributed by atoms with Gasteiger partial charge in [-0.15, -0.1) is 0 Å². The zero-order valence-corrected chi connectivity index (χ0v) is 15.6. The predicted molar refractivity (Wildman–Crippen MR) is 102 cm³/mol. The molecule has 2 aromatic heterocycles. The number of hydrogen-bond acceptors (Lipinski definition) is 3. The van der Waals surface area contributed by atoms with Crippen LogP contribution in [0.15, 0.2) is 24.5 Å². The number of piperidine rings is 1. The van der Waals surface area contributed by atoms with Gasteiger partial charge in [-0.25, -0.2) is 4.98 Å². The van der Waals surface area contributed by atoms with Gasteiger partial charge in [-0.3, -0.25) is 4.79 Å². The van der Waals surface area contributed by atoms with E-state index in [1.165, 1.54) is 12.8 Å². The van der Waals surface area contributed by atoms with Crippen molar-refractivity contribution in [2.45, 2.75) is 63.8 Å². The molecule has 3 heterocycles. The van der Waals surface area contributed by atoms with Gasteiger partial charge in [0.2, 0.25) is 5.91 Å². The molecule has 1 saturated carbocycles. The van der Waals surface area contributed by atoms with Crippen molar-refractivity contribution in [1.29, 1.82) is 0 Å². The van der Waals surface area contributed by atoms with E-state index in [-0.39, 0.29) is 29.9 Å². The summed E-state index contributed by atoms with van der Waals surface area (Å²) < 4.78 is 0. The highest BCUT2D eigenvalue weighted by molar-refractivity contribution is 5.82. The van der Waals surface area contributed by atoms with Gasteiger partial charge in [0.1, 0.15) is 5.65 Å². The van der Waals surface area contributed by atoms with Crippen LogP contribution in [0.1, 0.15) is 63.4 Å². The van der Waals surface area contributed by atoms with Gasteiger partial charge in [-0.05, 0) is 49.3 Å². The van der Waals surface area contributed by atoms with Crippen molar-refractivity contribution in [3.63, 3.8) is 0 Å². The van der Waals surface area contributed by atoms with E-state index < -0.39 is 0 Å². The molecule has 1 aliphatic heterocycles. The molecule has 26 heavy (non-hydrogen) atoms. The van der Waals surface area contributed by atoms with E-state index in [0.717, 1.165) is 48.8 Å². The summed E-state index contributed by atoms with van der Waals surface area (Å²) in [5.41, 5.74) is 1.99. The van der Waals surface area contributed by atoms with Crippen LogP contribution in [0.25, 0.3) is 11.0 Å². The number of carbonyl (C=O) groups is 1. The minimum atomic E-state index is -0.0555. The summed E-state index contributed by atoms with van der Waals surface area (Å²) in [6.07, 6.45) is 10.8. The summed E-state index contributed by atoms with van der Waals surface area (Å²) in [6.45, 7) is 3.18. The van der Waals surface area contributed by atoms with Crippen LogP contribution in [0.3, 0.4) is 0 Å². The Bertz CT molecular complexity index is 782. The Morgan fingerprint density at radius 3 is 3.12 bits per heavy atom. The Kier molecular flexibility index (Phi) is 4.74. The lowest BCUT2D eigenvalue weighted by molar-refractivity contribution is -0.144. The van der Waals surface area contributed by atoms with Gasteiger partial charge in [0.05, 0.1) is 6.61 Å². The number of H-pyrrole nitrogens is 1. The number of aromatic amines is 1. The number of nitrogens with one attached hydrogen (secondary N) is 1. The second kappa shape index (κ2) is 7.03. The van der Waals surface area contributed by atoms with Crippen molar-refractivity contribution >= 4 is 16.9 Å². The van der Waals surface area contributed by atoms with Crippen LogP contribution in [0.5, 0.6) is 0 Å². The van der Waals surface area contributed by atoms with Crippen LogP contribution in [0, 0.1) is 5.41 Å². The summed E-state index contributed by atoms with van der Waals surface area (Å²) in [5.74, 6) is 0.384. The van der Waals surface area contributed by atoms with Crippen molar-refractivity contribution in [2.24, 2.45) is 5.41 Å². The normalized spacial score (nSPS) is 27.3. The van der Waals surface area contributed by atoms with Gasteiger partial charge in [-0.2, -0.15) is 0 Å². The first-order valence-corrected chi connectivity index (χ1v) is 9.97. The minimum absolute atomic E-state index is 0.0555. The Labute approximate surface area is 154 Å². The third-order valence-corrected chi connectivity index (χ3v) is 6.69. The molecular weight excluding hydrogens is 326 g/mol. The number of aliphatic hydroxyl groups is 1. The van der Waals surface area contributed by atoms with Gasteiger partial charge in [0.15, 0.2) is 0 Å². The van der Waals surface area contributed by atoms with E-state index in [2.05, 4.69) is 27.9 Å². The number of rotatable bonds is 4. The standard InChI is InChI=1S/C21H29N3O2/c1-15(17-13-23-20-16(17)6-4-10-22-20)12-19(26)24-11-5-9-21(14-25)8-3-2-7-18(21)24/h4,6,10,13,15,18,25H,2-3,5,7-9,11-12,14H2,1H3,(H,22,23). The topological polar surface area (TPSA) is 69.2 Å². The second-order valence-electron chi connectivity index (χ2n) is 8.22. The zero-order valence-electron chi connectivity index (χ0n) is 15.6. The average molecular weight is 355 g/mol. The molecule has 3 unspecified atom stereocenters. The van der Waals surface area contributed by atoms with Crippen LogP contribution in [0.2, 0.25) is 0 Å². The molecule has 0 spiro atoms. The lowest BCUT2D eigenvalue weighted by atomic mass is 9.65. The van der Waals surface area contributed by atoms with E-state index in [4.69, 9.17) is 0 Å². The van der Waals surface area contributed by atoms with Crippen LogP contribution in [-0.4, -0.2) is 45.1 Å². The molecule has 1 aliphatic carbocycles. The number of carbonyl (C=O) groups excluding carboxylic acids is 1. The average Bonchev–Trinajstić information content (AvgIpc) is 3.11. The maximum atomic E-state index is 13.2. The van der Waals surface area contributed by atoms with Crippen molar-refractivity contribution in [1.82, 2.24) is 14.9 Å². The molecule has 140 valence electrons. The second-order valence-corrected chi connectivity index (χ2v) is 8.22. The maximum Gasteiger partial charge on any atom is 0.223 e. The summed E-state index contributed by atoms with van der Waals surface area (Å²) >= 11 is 0. The lowest BCUT2D eigenvalue weighted by Crippen LogP contribution is -2.57. The summed E-state index contributed by atoms with van der Waals surface area (Å²) in [4.78, 5) is 22.8. The number of fused-ring (bicyclic) bond motifs is 2. The van der Waals surface area contributed by atoms with E-state index in [1.807, 2.05) is 12.3 Å². The van der Waals surface area contributed by atoms with E-state index >= 15 is 0 Å². The van der Waals surface area contributed by atoms with Crippen molar-refractivity contribution in [3.8, 4) is 0 Å². The Morgan fingerprint density at radius 2 is 2.27 bits per heavy atom. The molecule has 4 rings (SSSR count). The van der Waals surface area contributed by atoms with Gasteiger partial charge in [0, 0.05) is 42.2 Å².